The predicted octanol–water partition coefficient (Wildman–Crippen LogP) is 2.40. The number of nitrogens with zero attached hydrogens (tertiary/aromatic N) is 2. The van der Waals surface area contributed by atoms with E-state index in [9.17, 15) is 14.4 Å². The Hall–Kier alpha value is -3.30. The number of aromatic nitrogens is 1. The highest BCUT2D eigenvalue weighted by Crippen LogP contribution is 2.31. The third-order valence-electron chi connectivity index (χ3n) is 4.70. The third kappa shape index (κ3) is 4.01. The van der Waals surface area contributed by atoms with E-state index in [1.807, 2.05) is 23.6 Å². The summed E-state index contributed by atoms with van der Waals surface area (Å²) in [5.41, 5.74) is 1.22. The number of methoxy groups -OCH3 is 1. The summed E-state index contributed by atoms with van der Waals surface area (Å²) in [7, 11) is 1.30. The first-order valence-corrected chi connectivity index (χ1v) is 11.0. The summed E-state index contributed by atoms with van der Waals surface area (Å²) in [6.45, 7) is 3.05. The van der Waals surface area contributed by atoms with Crippen molar-refractivity contribution < 1.29 is 19.1 Å². The van der Waals surface area contributed by atoms with Gasteiger partial charge in [0.25, 0.3) is 5.56 Å². The molecule has 1 unspecified atom stereocenters. The Labute approximate surface area is 185 Å². The summed E-state index contributed by atoms with van der Waals surface area (Å²) in [6.07, 6.45) is 1.83. The molecule has 3 heterocycles. The summed E-state index contributed by atoms with van der Waals surface area (Å²) < 4.78 is 12.1. The molecule has 0 saturated carbocycles. The molecule has 1 aliphatic rings. The smallest absolute Gasteiger partial charge is 0.338 e. The summed E-state index contributed by atoms with van der Waals surface area (Å²) >= 11 is 2.81. The zero-order valence-corrected chi connectivity index (χ0v) is 18.6. The van der Waals surface area contributed by atoms with Gasteiger partial charge in [0.2, 0.25) is 0 Å². The molecule has 2 aromatic heterocycles. The van der Waals surface area contributed by atoms with Crippen LogP contribution in [0.25, 0.3) is 6.08 Å². The number of carbonyl (C=O) groups excluding carboxylic acids is 2. The summed E-state index contributed by atoms with van der Waals surface area (Å²) in [5, 5.41) is 1.94. The maximum atomic E-state index is 13.3. The van der Waals surface area contributed by atoms with Crippen molar-refractivity contribution in [2.45, 2.75) is 19.9 Å². The lowest BCUT2D eigenvalue weighted by Crippen LogP contribution is -2.39. The Morgan fingerprint density at radius 2 is 1.94 bits per heavy atom. The van der Waals surface area contributed by atoms with Crippen molar-refractivity contribution in [2.75, 3.05) is 7.11 Å². The van der Waals surface area contributed by atoms with Crippen LogP contribution in [0, 0.1) is 0 Å². The normalized spacial score (nSPS) is 16.0. The van der Waals surface area contributed by atoms with E-state index in [1.54, 1.807) is 31.2 Å². The van der Waals surface area contributed by atoms with E-state index in [0.29, 0.717) is 26.3 Å². The fourth-order valence-corrected chi connectivity index (χ4v) is 5.16. The maximum Gasteiger partial charge on any atom is 0.338 e. The molecule has 0 fully saturated rings. The first kappa shape index (κ1) is 21.0. The van der Waals surface area contributed by atoms with E-state index < -0.39 is 18.0 Å². The highest BCUT2D eigenvalue weighted by Gasteiger charge is 2.33. The SMILES string of the molecule is COC(=O)C1=C(C)N=c2s/c(=C/c3cccs3)c(=O)n2C1c1ccc(OC(C)=O)cc1. The molecule has 0 spiro atoms. The lowest BCUT2D eigenvalue weighted by molar-refractivity contribution is -0.136. The second-order valence-corrected chi connectivity index (χ2v) is 8.74. The Kier molecular flexibility index (Phi) is 5.71. The lowest BCUT2D eigenvalue weighted by Gasteiger charge is -2.24. The fourth-order valence-electron chi connectivity index (χ4n) is 3.39. The lowest BCUT2D eigenvalue weighted by atomic mass is 9.96. The number of benzene rings is 1. The summed E-state index contributed by atoms with van der Waals surface area (Å²) in [5.74, 6) is -0.607. The van der Waals surface area contributed by atoms with Crippen LogP contribution in [0.2, 0.25) is 0 Å². The quantitative estimate of drug-likeness (QED) is 0.446. The zero-order chi connectivity index (χ0) is 22.1. The largest absolute Gasteiger partial charge is 0.466 e. The topological polar surface area (TPSA) is 87.0 Å². The highest BCUT2D eigenvalue weighted by atomic mass is 32.1. The predicted molar refractivity (Wildman–Crippen MR) is 118 cm³/mol. The fraction of sp³-hybridized carbons (Fsp3) is 0.182. The number of thiazole rings is 1. The van der Waals surface area contributed by atoms with Gasteiger partial charge in [-0.3, -0.25) is 14.2 Å². The molecule has 158 valence electrons. The Balaban J connectivity index is 1.91. The van der Waals surface area contributed by atoms with Gasteiger partial charge in [0.15, 0.2) is 4.80 Å². The summed E-state index contributed by atoms with van der Waals surface area (Å²) in [4.78, 5) is 43.2. The second kappa shape index (κ2) is 8.44. The highest BCUT2D eigenvalue weighted by molar-refractivity contribution is 7.11. The van der Waals surface area contributed by atoms with Crippen molar-refractivity contribution in [3.63, 3.8) is 0 Å². The monoisotopic (exact) mass is 454 g/mol. The minimum atomic E-state index is -0.708. The van der Waals surface area contributed by atoms with Gasteiger partial charge in [-0.1, -0.05) is 29.5 Å². The number of thiophene rings is 1. The van der Waals surface area contributed by atoms with Gasteiger partial charge < -0.3 is 9.47 Å². The van der Waals surface area contributed by atoms with Crippen molar-refractivity contribution in [3.05, 3.63) is 83.2 Å². The number of esters is 2. The van der Waals surface area contributed by atoms with Crippen molar-refractivity contribution in [2.24, 2.45) is 4.99 Å². The van der Waals surface area contributed by atoms with Crippen LogP contribution in [-0.2, 0) is 14.3 Å². The van der Waals surface area contributed by atoms with Gasteiger partial charge in [-0.05, 0) is 42.1 Å². The van der Waals surface area contributed by atoms with Crippen LogP contribution in [-0.4, -0.2) is 23.6 Å². The van der Waals surface area contributed by atoms with Crippen molar-refractivity contribution in [1.82, 2.24) is 4.57 Å². The molecule has 3 aromatic rings. The van der Waals surface area contributed by atoms with E-state index in [-0.39, 0.29) is 11.1 Å². The number of allylic oxidation sites excluding steroid dienone is 1. The molecule has 9 heteroatoms. The van der Waals surface area contributed by atoms with Gasteiger partial charge in [-0.25, -0.2) is 9.79 Å². The van der Waals surface area contributed by atoms with E-state index in [2.05, 4.69) is 4.99 Å². The Morgan fingerprint density at radius 1 is 1.19 bits per heavy atom. The van der Waals surface area contributed by atoms with Crippen molar-refractivity contribution in [1.29, 1.82) is 0 Å². The number of ether oxygens (including phenoxy) is 2. The molecule has 1 aliphatic heterocycles. The first-order valence-electron chi connectivity index (χ1n) is 9.32. The molecule has 7 nitrogen and oxygen atoms in total. The minimum Gasteiger partial charge on any atom is -0.466 e. The van der Waals surface area contributed by atoms with E-state index in [4.69, 9.17) is 9.47 Å². The van der Waals surface area contributed by atoms with E-state index >= 15 is 0 Å². The van der Waals surface area contributed by atoms with Crippen molar-refractivity contribution in [3.8, 4) is 5.75 Å². The Bertz CT molecular complexity index is 1360. The number of hydrogen-bond donors (Lipinski definition) is 0. The molecule has 1 aromatic carbocycles. The molecule has 0 radical (unpaired) electrons. The van der Waals surface area contributed by atoms with E-state index in [1.165, 1.54) is 41.3 Å². The maximum absolute atomic E-state index is 13.3. The minimum absolute atomic E-state index is 0.236. The molecular formula is C22H18N2O5S2. The Morgan fingerprint density at radius 3 is 2.55 bits per heavy atom. The van der Waals surface area contributed by atoms with Crippen LogP contribution < -0.4 is 19.6 Å². The van der Waals surface area contributed by atoms with E-state index in [0.717, 1.165) is 4.88 Å². The van der Waals surface area contributed by atoms with Gasteiger partial charge in [-0.2, -0.15) is 0 Å². The molecule has 1 atom stereocenters. The number of fused-ring (bicyclic) bond motifs is 1. The zero-order valence-electron chi connectivity index (χ0n) is 16.9. The molecular weight excluding hydrogens is 436 g/mol. The number of rotatable bonds is 4. The molecule has 0 bridgehead atoms. The van der Waals surface area contributed by atoms with Gasteiger partial charge in [0.05, 0.1) is 29.0 Å². The van der Waals surface area contributed by atoms with Crippen LogP contribution in [0.5, 0.6) is 5.75 Å². The molecule has 0 amide bonds. The summed E-state index contributed by atoms with van der Waals surface area (Å²) in [6, 6.07) is 9.84. The van der Waals surface area contributed by atoms with Crippen molar-refractivity contribution >= 4 is 40.7 Å². The van der Waals surface area contributed by atoms with Crippen LogP contribution in [0.1, 0.15) is 30.3 Å². The molecule has 4 rings (SSSR count). The second-order valence-electron chi connectivity index (χ2n) is 6.75. The van der Waals surface area contributed by atoms with Crippen LogP contribution in [0.4, 0.5) is 0 Å². The molecule has 0 saturated heterocycles. The third-order valence-corrected chi connectivity index (χ3v) is 6.50. The van der Waals surface area contributed by atoms with Crippen LogP contribution in [0.15, 0.2) is 62.8 Å². The van der Waals surface area contributed by atoms with Gasteiger partial charge in [0, 0.05) is 11.8 Å². The average Bonchev–Trinajstić information content (AvgIpc) is 3.35. The number of carbonyl (C=O) groups is 2. The van der Waals surface area contributed by atoms with Gasteiger partial charge >= 0.3 is 11.9 Å². The van der Waals surface area contributed by atoms with Crippen LogP contribution >= 0.6 is 22.7 Å². The first-order chi connectivity index (χ1) is 14.9. The average molecular weight is 455 g/mol. The van der Waals surface area contributed by atoms with Gasteiger partial charge in [0.1, 0.15) is 5.75 Å². The molecule has 31 heavy (non-hydrogen) atoms. The van der Waals surface area contributed by atoms with Gasteiger partial charge in [-0.15, -0.1) is 11.3 Å². The molecule has 0 N–H and O–H groups in total. The van der Waals surface area contributed by atoms with Crippen LogP contribution in [0.3, 0.4) is 0 Å². The number of hydrogen-bond acceptors (Lipinski definition) is 8. The molecule has 0 aliphatic carbocycles. The standard InChI is InChI=1S/C22H18N2O5S2/c1-12-18(21(27)28-3)19(14-6-8-15(9-7-14)29-13(2)25)24-20(26)17(31-22(24)23-12)11-16-5-4-10-30-16/h4-11,19H,1-3H3/b17-11+.